The first-order chi connectivity index (χ1) is 20.5. The third-order valence-electron chi connectivity index (χ3n) is 7.83. The van der Waals surface area contributed by atoms with Gasteiger partial charge in [-0.1, -0.05) is 0 Å². The molecule has 0 radical (unpaired) electrons. The number of alkyl halides is 2. The highest BCUT2D eigenvalue weighted by atomic mass is 32.2. The molecule has 43 heavy (non-hydrogen) atoms. The van der Waals surface area contributed by atoms with Crippen LogP contribution in [0.4, 0.5) is 25.8 Å². The van der Waals surface area contributed by atoms with E-state index in [0.29, 0.717) is 41.5 Å². The van der Waals surface area contributed by atoms with Crippen molar-refractivity contribution in [3.8, 4) is 5.69 Å². The minimum atomic E-state index is -3.69. The number of aryl methyl sites for hydroxylation is 1. The smallest absolute Gasteiger partial charge is 0.295 e. The molecule has 6 rings (SSSR count). The molecule has 2 fully saturated rings. The van der Waals surface area contributed by atoms with E-state index in [2.05, 4.69) is 20.4 Å². The number of hydrogen-bond donors (Lipinski definition) is 1. The van der Waals surface area contributed by atoms with Gasteiger partial charge in [-0.05, 0) is 69.4 Å². The number of pyridine rings is 1. The van der Waals surface area contributed by atoms with E-state index < -0.39 is 28.5 Å². The first-order valence-corrected chi connectivity index (χ1v) is 16.1. The normalized spacial score (nSPS) is 17.5. The lowest BCUT2D eigenvalue weighted by Gasteiger charge is -2.25. The summed E-state index contributed by atoms with van der Waals surface area (Å²) in [6.45, 7) is 2.28. The number of benzene rings is 1. The Kier molecular flexibility index (Phi) is 7.67. The van der Waals surface area contributed by atoms with Gasteiger partial charge in [0.15, 0.2) is 11.5 Å². The predicted molar refractivity (Wildman–Crippen MR) is 158 cm³/mol. The van der Waals surface area contributed by atoms with Crippen LogP contribution in [0.1, 0.15) is 62.0 Å². The molecule has 1 aliphatic carbocycles. The number of nitrogens with one attached hydrogen (secondary N) is 1. The monoisotopic (exact) mass is 613 g/mol. The van der Waals surface area contributed by atoms with Gasteiger partial charge >= 0.3 is 0 Å². The lowest BCUT2D eigenvalue weighted by atomic mass is 10.1. The molecule has 1 aliphatic heterocycles. The number of carbonyl (C=O) groups excluding carboxylic acids is 1. The maximum absolute atomic E-state index is 14.4. The van der Waals surface area contributed by atoms with E-state index in [4.69, 9.17) is 4.74 Å². The summed E-state index contributed by atoms with van der Waals surface area (Å²) in [5.41, 5.74) is 3.20. The summed E-state index contributed by atoms with van der Waals surface area (Å²) in [4.78, 5) is 21.8. The van der Waals surface area contributed by atoms with Crippen LogP contribution < -0.4 is 9.62 Å². The Bertz CT molecular complexity index is 1790. The minimum absolute atomic E-state index is 0.00869. The van der Waals surface area contributed by atoms with Crippen molar-refractivity contribution >= 4 is 44.0 Å². The Morgan fingerprint density at radius 2 is 1.93 bits per heavy atom. The largest absolute Gasteiger partial charge is 0.358 e. The number of Topliss-reactive ketones (excluding diaryl/α,β-unsaturated/α-hetero) is 1. The van der Waals surface area contributed by atoms with Crippen LogP contribution in [-0.4, -0.2) is 58.4 Å². The molecule has 11 nitrogen and oxygen atoms in total. The molecular formula is C29H33F2N7O4S. The van der Waals surface area contributed by atoms with E-state index in [1.165, 1.54) is 11.6 Å². The zero-order chi connectivity index (χ0) is 30.5. The molecule has 14 heteroatoms. The fourth-order valence-corrected chi connectivity index (χ4v) is 5.83. The van der Waals surface area contributed by atoms with Crippen LogP contribution >= 0.6 is 0 Å². The second-order valence-electron chi connectivity index (χ2n) is 11.2. The molecular weight excluding hydrogens is 580 g/mol. The van der Waals surface area contributed by atoms with Gasteiger partial charge in [-0.3, -0.25) is 13.7 Å². The first kappa shape index (κ1) is 29.2. The van der Waals surface area contributed by atoms with Crippen LogP contribution in [0.5, 0.6) is 0 Å². The molecule has 4 aromatic rings. The Hall–Kier alpha value is -3.91. The molecule has 4 heterocycles. The zero-order valence-electron chi connectivity index (χ0n) is 24.1. The second kappa shape index (κ2) is 11.3. The van der Waals surface area contributed by atoms with E-state index in [1.54, 1.807) is 35.1 Å². The Labute approximate surface area is 247 Å². The third kappa shape index (κ3) is 5.98. The first-order valence-electron chi connectivity index (χ1n) is 14.2. The highest BCUT2D eigenvalue weighted by Crippen LogP contribution is 2.38. The zero-order valence-corrected chi connectivity index (χ0v) is 24.9. The van der Waals surface area contributed by atoms with Crippen LogP contribution in [0.2, 0.25) is 0 Å². The minimum Gasteiger partial charge on any atom is -0.358 e. The van der Waals surface area contributed by atoms with E-state index in [1.807, 2.05) is 13.0 Å². The van der Waals surface area contributed by atoms with Crippen molar-refractivity contribution in [3.63, 3.8) is 0 Å². The molecule has 0 bridgehead atoms. The van der Waals surface area contributed by atoms with E-state index in [-0.39, 0.29) is 29.3 Å². The van der Waals surface area contributed by atoms with Crippen molar-refractivity contribution in [2.75, 3.05) is 29.5 Å². The maximum Gasteiger partial charge on any atom is 0.295 e. The van der Waals surface area contributed by atoms with Gasteiger partial charge in [0, 0.05) is 32.2 Å². The van der Waals surface area contributed by atoms with Crippen LogP contribution in [0.15, 0.2) is 36.5 Å². The van der Waals surface area contributed by atoms with Crippen LogP contribution in [-0.2, 0) is 26.0 Å². The third-order valence-corrected chi connectivity index (χ3v) is 9.02. The van der Waals surface area contributed by atoms with Gasteiger partial charge in [-0.15, -0.1) is 0 Å². The average Bonchev–Trinajstić information content (AvgIpc) is 3.62. The SMILES string of the molecule is Cc1ccn(-c2ccc(Nc3cc(CC(=O)C4CC4)nc4c3nc(C(F)F)n4C3CCCCO3)c(N(C)S(C)(=O)=O)c2)n1. The molecule has 1 saturated carbocycles. The van der Waals surface area contributed by atoms with Gasteiger partial charge < -0.3 is 10.1 Å². The molecule has 3 aromatic heterocycles. The summed E-state index contributed by atoms with van der Waals surface area (Å²) in [7, 11) is -2.26. The lowest BCUT2D eigenvalue weighted by molar-refractivity contribution is -0.119. The van der Waals surface area contributed by atoms with Gasteiger partial charge in [0.25, 0.3) is 6.43 Å². The molecule has 1 saturated heterocycles. The number of ketones is 1. The van der Waals surface area contributed by atoms with E-state index in [0.717, 1.165) is 41.9 Å². The van der Waals surface area contributed by atoms with Gasteiger partial charge in [0.2, 0.25) is 10.0 Å². The number of nitrogens with zero attached hydrogens (tertiary/aromatic N) is 6. The quantitative estimate of drug-likeness (QED) is 0.258. The molecule has 1 unspecified atom stereocenters. The number of imidazole rings is 1. The molecule has 1 atom stereocenters. The fraction of sp³-hybridized carbons (Fsp3) is 0.448. The van der Waals surface area contributed by atoms with Crippen molar-refractivity contribution in [2.24, 2.45) is 5.92 Å². The van der Waals surface area contributed by atoms with Crippen molar-refractivity contribution < 1.29 is 26.7 Å². The summed E-state index contributed by atoms with van der Waals surface area (Å²) in [5.74, 6) is -0.435. The lowest BCUT2D eigenvalue weighted by Crippen LogP contribution is -2.25. The number of hydrogen-bond acceptors (Lipinski definition) is 8. The van der Waals surface area contributed by atoms with Gasteiger partial charge in [0.05, 0.1) is 40.4 Å². The summed E-state index contributed by atoms with van der Waals surface area (Å²) in [6, 6.07) is 8.59. The second-order valence-corrected chi connectivity index (χ2v) is 13.2. The number of ether oxygens (including phenoxy) is 1. The maximum atomic E-state index is 14.4. The van der Waals surface area contributed by atoms with Gasteiger partial charge in [-0.25, -0.2) is 31.8 Å². The Morgan fingerprint density at radius 1 is 1.14 bits per heavy atom. The topological polar surface area (TPSA) is 124 Å². The number of anilines is 3. The number of fused-ring (bicyclic) bond motifs is 1. The van der Waals surface area contributed by atoms with Gasteiger partial charge in [0.1, 0.15) is 17.5 Å². The van der Waals surface area contributed by atoms with Crippen molar-refractivity contribution in [2.45, 2.75) is 58.1 Å². The fourth-order valence-electron chi connectivity index (χ4n) is 5.32. The number of aromatic nitrogens is 5. The summed E-state index contributed by atoms with van der Waals surface area (Å²) < 4.78 is 64.1. The van der Waals surface area contributed by atoms with Crippen LogP contribution in [0.25, 0.3) is 16.9 Å². The molecule has 2 aliphatic rings. The average molecular weight is 614 g/mol. The van der Waals surface area contributed by atoms with E-state index >= 15 is 0 Å². The van der Waals surface area contributed by atoms with E-state index in [9.17, 15) is 22.0 Å². The van der Waals surface area contributed by atoms with Crippen LogP contribution in [0, 0.1) is 12.8 Å². The predicted octanol–water partition coefficient (Wildman–Crippen LogP) is 5.22. The van der Waals surface area contributed by atoms with Crippen molar-refractivity contribution in [1.29, 1.82) is 0 Å². The van der Waals surface area contributed by atoms with Crippen LogP contribution in [0.3, 0.4) is 0 Å². The van der Waals surface area contributed by atoms with Crippen molar-refractivity contribution in [3.05, 3.63) is 53.7 Å². The summed E-state index contributed by atoms with van der Waals surface area (Å²) in [5, 5.41) is 7.67. The molecule has 228 valence electrons. The number of rotatable bonds is 10. The molecule has 0 amide bonds. The van der Waals surface area contributed by atoms with Gasteiger partial charge in [-0.2, -0.15) is 5.10 Å². The number of halogens is 2. The number of sulfonamides is 1. The molecule has 1 aromatic carbocycles. The standard InChI is InChI=1S/C29H33F2N7O4S/c1-17-11-12-37(35-17)20-9-10-21(23(16-20)36(2)43(3,40)41)33-22-14-19(15-24(39)18-7-8-18)32-28-26(22)34-29(27(30)31)38(28)25-6-4-5-13-42-25/h9-12,14,16,18,25,27H,4-8,13,15H2,1-3H3,(H,32,33). The number of carbonyl (C=O) groups is 1. The summed E-state index contributed by atoms with van der Waals surface area (Å²) >= 11 is 0. The highest BCUT2D eigenvalue weighted by molar-refractivity contribution is 7.92. The van der Waals surface area contributed by atoms with Crippen molar-refractivity contribution in [1.82, 2.24) is 24.3 Å². The Morgan fingerprint density at radius 3 is 2.56 bits per heavy atom. The Balaban J connectivity index is 1.50. The molecule has 1 N–H and O–H groups in total. The summed E-state index contributed by atoms with van der Waals surface area (Å²) in [6.07, 6.45) is 3.17. The highest BCUT2D eigenvalue weighted by Gasteiger charge is 2.32. The molecule has 0 spiro atoms.